The topological polar surface area (TPSA) is 61.8 Å². The first-order chi connectivity index (χ1) is 9.59. The van der Waals surface area contributed by atoms with Crippen molar-refractivity contribution in [2.75, 3.05) is 0 Å². The lowest BCUT2D eigenvalue weighted by atomic mass is 10.2. The van der Waals surface area contributed by atoms with Crippen LogP contribution in [0.2, 0.25) is 0 Å². The Morgan fingerprint density at radius 2 is 1.80 bits per heavy atom. The minimum Gasteiger partial charge on any atom is -0.300 e. The first-order valence-electron chi connectivity index (χ1n) is 6.24. The van der Waals surface area contributed by atoms with Gasteiger partial charge in [0.15, 0.2) is 11.2 Å². The third kappa shape index (κ3) is 1.77. The largest absolute Gasteiger partial charge is 0.330 e. The summed E-state index contributed by atoms with van der Waals surface area (Å²) in [5.41, 5.74) is 1.26. The minimum absolute atomic E-state index is 0.219. The molecule has 6 nitrogen and oxygen atoms in total. The average molecular weight is 270 g/mol. The zero-order valence-corrected chi connectivity index (χ0v) is 11.3. The van der Waals surface area contributed by atoms with E-state index in [2.05, 4.69) is 4.98 Å². The summed E-state index contributed by atoms with van der Waals surface area (Å²) in [7, 11) is 3.25. The van der Waals surface area contributed by atoms with E-state index < -0.39 is 0 Å². The zero-order chi connectivity index (χ0) is 14.3. The molecule has 0 atom stereocenters. The van der Waals surface area contributed by atoms with Crippen molar-refractivity contribution >= 4 is 11.2 Å². The predicted molar refractivity (Wildman–Crippen MR) is 75.8 cm³/mol. The lowest BCUT2D eigenvalue weighted by Crippen LogP contribution is -2.25. The van der Waals surface area contributed by atoms with Gasteiger partial charge in [0.1, 0.15) is 0 Å². The summed E-state index contributed by atoms with van der Waals surface area (Å²) in [6.07, 6.45) is 1.43. The third-order valence-corrected chi connectivity index (χ3v) is 3.38. The zero-order valence-electron chi connectivity index (χ0n) is 11.3. The van der Waals surface area contributed by atoms with Crippen LogP contribution in [0.1, 0.15) is 5.56 Å². The Bertz CT molecular complexity index is 887. The van der Waals surface area contributed by atoms with Crippen LogP contribution in [0.4, 0.5) is 0 Å². The summed E-state index contributed by atoms with van der Waals surface area (Å²) < 4.78 is 4.25. The lowest BCUT2D eigenvalue weighted by Gasteiger charge is -2.03. The molecule has 3 aromatic rings. The van der Waals surface area contributed by atoms with E-state index in [0.29, 0.717) is 17.7 Å². The van der Waals surface area contributed by atoms with Gasteiger partial charge >= 0.3 is 5.69 Å². The summed E-state index contributed by atoms with van der Waals surface area (Å²) in [4.78, 5) is 28.7. The average Bonchev–Trinajstić information content (AvgIpc) is 2.70. The molecule has 0 fully saturated rings. The van der Waals surface area contributed by atoms with Crippen LogP contribution < -0.4 is 11.2 Å². The number of aryl methyl sites for hydroxylation is 2. The molecule has 102 valence electrons. The molecule has 0 saturated carbocycles. The number of imidazole rings is 1. The van der Waals surface area contributed by atoms with Crippen molar-refractivity contribution in [2.24, 2.45) is 14.1 Å². The first kappa shape index (κ1) is 12.4. The standard InChI is InChI=1S/C14H14N4O2/c1-16-9-15-12-11(13(16)19)18(14(20)17(12)2)8-10-6-4-3-5-7-10/h3-7,9H,8H2,1-2H3. The normalized spacial score (nSPS) is 11.1. The van der Waals surface area contributed by atoms with Gasteiger partial charge in [-0.15, -0.1) is 0 Å². The van der Waals surface area contributed by atoms with E-state index in [1.165, 1.54) is 20.0 Å². The van der Waals surface area contributed by atoms with Gasteiger partial charge in [0.05, 0.1) is 12.9 Å². The lowest BCUT2D eigenvalue weighted by molar-refractivity contribution is 0.731. The maximum Gasteiger partial charge on any atom is 0.330 e. The van der Waals surface area contributed by atoms with Gasteiger partial charge in [0, 0.05) is 14.1 Å². The Labute approximate surface area is 114 Å². The van der Waals surface area contributed by atoms with Gasteiger partial charge in [0.2, 0.25) is 0 Å². The Morgan fingerprint density at radius 3 is 2.50 bits per heavy atom. The Balaban J connectivity index is 2.30. The number of hydrogen-bond donors (Lipinski definition) is 0. The summed E-state index contributed by atoms with van der Waals surface area (Å²) in [6.45, 7) is 0.359. The molecule has 0 aliphatic rings. The molecule has 0 saturated heterocycles. The first-order valence-corrected chi connectivity index (χ1v) is 6.24. The van der Waals surface area contributed by atoms with Crippen LogP contribution in [0.3, 0.4) is 0 Å². The van der Waals surface area contributed by atoms with Crippen molar-refractivity contribution < 1.29 is 0 Å². The molecule has 0 radical (unpaired) electrons. The highest BCUT2D eigenvalue weighted by atomic mass is 16.2. The van der Waals surface area contributed by atoms with Crippen LogP contribution in [-0.4, -0.2) is 18.7 Å². The molecule has 0 unspecified atom stereocenters. The molecule has 0 amide bonds. The molecule has 3 rings (SSSR count). The van der Waals surface area contributed by atoms with Crippen LogP contribution in [0.15, 0.2) is 46.2 Å². The summed E-state index contributed by atoms with van der Waals surface area (Å²) in [5.74, 6) is 0. The van der Waals surface area contributed by atoms with E-state index in [0.717, 1.165) is 5.56 Å². The van der Waals surface area contributed by atoms with Crippen molar-refractivity contribution in [3.05, 3.63) is 63.1 Å². The molecule has 1 aromatic carbocycles. The van der Waals surface area contributed by atoms with E-state index in [-0.39, 0.29) is 11.2 Å². The molecule has 0 spiro atoms. The van der Waals surface area contributed by atoms with Gasteiger partial charge in [-0.1, -0.05) is 30.3 Å². The molecule has 2 heterocycles. The smallest absolute Gasteiger partial charge is 0.300 e. The van der Waals surface area contributed by atoms with Crippen LogP contribution in [-0.2, 0) is 20.6 Å². The number of hydrogen-bond acceptors (Lipinski definition) is 3. The Kier molecular flexibility index (Phi) is 2.78. The molecule has 0 aliphatic carbocycles. The quantitative estimate of drug-likeness (QED) is 0.680. The van der Waals surface area contributed by atoms with Crippen LogP contribution >= 0.6 is 0 Å². The molecule has 0 bridgehead atoms. The molecular weight excluding hydrogens is 256 g/mol. The monoisotopic (exact) mass is 270 g/mol. The number of nitrogens with zero attached hydrogens (tertiary/aromatic N) is 4. The van der Waals surface area contributed by atoms with Crippen molar-refractivity contribution in [3.63, 3.8) is 0 Å². The molecule has 6 heteroatoms. The van der Waals surface area contributed by atoms with E-state index in [1.807, 2.05) is 30.3 Å². The molecular formula is C14H14N4O2. The highest BCUT2D eigenvalue weighted by Crippen LogP contribution is 2.07. The maximum atomic E-state index is 12.3. The second-order valence-electron chi connectivity index (χ2n) is 4.75. The van der Waals surface area contributed by atoms with Gasteiger partial charge in [0.25, 0.3) is 5.56 Å². The summed E-state index contributed by atoms with van der Waals surface area (Å²) >= 11 is 0. The van der Waals surface area contributed by atoms with Gasteiger partial charge < -0.3 is 4.57 Å². The fourth-order valence-corrected chi connectivity index (χ4v) is 2.28. The number of benzene rings is 1. The fraction of sp³-hybridized carbons (Fsp3) is 0.214. The van der Waals surface area contributed by atoms with Gasteiger partial charge in [-0.3, -0.25) is 13.9 Å². The van der Waals surface area contributed by atoms with Gasteiger partial charge in [-0.05, 0) is 5.56 Å². The third-order valence-electron chi connectivity index (χ3n) is 3.38. The fourth-order valence-electron chi connectivity index (χ4n) is 2.28. The van der Waals surface area contributed by atoms with E-state index in [1.54, 1.807) is 14.1 Å². The SMILES string of the molecule is Cn1cnc2c(c1=O)n(Cc1ccccc1)c(=O)n2C. The molecule has 0 N–H and O–H groups in total. The Morgan fingerprint density at radius 1 is 1.10 bits per heavy atom. The molecule has 20 heavy (non-hydrogen) atoms. The second-order valence-corrected chi connectivity index (χ2v) is 4.75. The number of fused-ring (bicyclic) bond motifs is 1. The summed E-state index contributed by atoms with van der Waals surface area (Å²) in [6, 6.07) is 9.57. The molecule has 2 aromatic heterocycles. The maximum absolute atomic E-state index is 12.3. The van der Waals surface area contributed by atoms with Crippen LogP contribution in [0.5, 0.6) is 0 Å². The van der Waals surface area contributed by atoms with Crippen molar-refractivity contribution in [1.82, 2.24) is 18.7 Å². The Hall–Kier alpha value is -2.63. The van der Waals surface area contributed by atoms with Crippen LogP contribution in [0.25, 0.3) is 11.2 Å². The van der Waals surface area contributed by atoms with E-state index in [9.17, 15) is 9.59 Å². The van der Waals surface area contributed by atoms with Gasteiger partial charge in [-0.25, -0.2) is 9.78 Å². The minimum atomic E-state index is -0.236. The van der Waals surface area contributed by atoms with Crippen molar-refractivity contribution in [3.8, 4) is 0 Å². The van der Waals surface area contributed by atoms with E-state index in [4.69, 9.17) is 0 Å². The number of aromatic nitrogens is 4. The van der Waals surface area contributed by atoms with Crippen molar-refractivity contribution in [2.45, 2.75) is 6.54 Å². The predicted octanol–water partition coefficient (Wildman–Crippen LogP) is 0.482. The summed E-state index contributed by atoms with van der Waals surface area (Å²) in [5, 5.41) is 0. The second kappa shape index (κ2) is 4.48. The molecule has 0 aliphatic heterocycles. The van der Waals surface area contributed by atoms with Crippen molar-refractivity contribution in [1.29, 1.82) is 0 Å². The highest BCUT2D eigenvalue weighted by Gasteiger charge is 2.15. The highest BCUT2D eigenvalue weighted by molar-refractivity contribution is 5.70. The van der Waals surface area contributed by atoms with Crippen LogP contribution in [0, 0.1) is 0 Å². The van der Waals surface area contributed by atoms with Gasteiger partial charge in [-0.2, -0.15) is 0 Å². The van der Waals surface area contributed by atoms with E-state index >= 15 is 0 Å². The number of rotatable bonds is 2.